The van der Waals surface area contributed by atoms with Crippen LogP contribution >= 0.6 is 0 Å². The smallest absolute Gasteiger partial charge is 0.00137 e. The zero-order chi connectivity index (χ0) is 15.7. The zero-order valence-corrected chi connectivity index (χ0v) is 13.0. The van der Waals surface area contributed by atoms with Gasteiger partial charge >= 0.3 is 0 Å². The van der Waals surface area contributed by atoms with Crippen molar-refractivity contribution in [1.82, 2.24) is 0 Å². The van der Waals surface area contributed by atoms with Crippen LogP contribution in [-0.2, 0) is 0 Å². The zero-order valence-electron chi connectivity index (χ0n) is 13.0. The standard InChI is InChI=1S/C24H13/c1-3-7-19-15(5-1)13-17-9-12-22-20-8-4-2-6-16(20)14-18-10-11-21(19)23(17)24(18)22/h1-13H. The molecule has 0 spiro atoms. The van der Waals surface area contributed by atoms with Gasteiger partial charge in [-0.15, -0.1) is 0 Å². The van der Waals surface area contributed by atoms with Crippen LogP contribution in [0.15, 0.2) is 78.9 Å². The van der Waals surface area contributed by atoms with Gasteiger partial charge in [-0.3, -0.25) is 0 Å². The molecule has 0 bridgehead atoms. The molecule has 0 fully saturated rings. The van der Waals surface area contributed by atoms with Crippen molar-refractivity contribution in [3.63, 3.8) is 0 Å². The fraction of sp³-hybridized carbons (Fsp3) is 0. The highest BCUT2D eigenvalue weighted by molar-refractivity contribution is 6.32. The molecule has 0 saturated heterocycles. The molecule has 0 N–H and O–H groups in total. The molecule has 24 heavy (non-hydrogen) atoms. The van der Waals surface area contributed by atoms with Crippen molar-refractivity contribution in [2.24, 2.45) is 0 Å². The van der Waals surface area contributed by atoms with E-state index in [2.05, 4.69) is 84.9 Å². The maximum Gasteiger partial charge on any atom is -0.00137 e. The van der Waals surface area contributed by atoms with Crippen molar-refractivity contribution >= 4 is 53.9 Å². The largest absolute Gasteiger partial charge is 0.0616 e. The van der Waals surface area contributed by atoms with E-state index in [1.54, 1.807) is 0 Å². The molecule has 1 radical (unpaired) electrons. The average Bonchev–Trinajstić information content (AvgIpc) is 2.65. The van der Waals surface area contributed by atoms with Crippen molar-refractivity contribution in [3.05, 3.63) is 84.9 Å². The lowest BCUT2D eigenvalue weighted by Gasteiger charge is -2.14. The minimum absolute atomic E-state index is 1.19. The van der Waals surface area contributed by atoms with Crippen LogP contribution in [-0.4, -0.2) is 0 Å². The Hall–Kier alpha value is -3.12. The molecule has 0 saturated carbocycles. The van der Waals surface area contributed by atoms with Gasteiger partial charge in [-0.2, -0.15) is 0 Å². The van der Waals surface area contributed by atoms with Crippen molar-refractivity contribution in [2.45, 2.75) is 0 Å². The van der Waals surface area contributed by atoms with Gasteiger partial charge in [-0.25, -0.2) is 0 Å². The summed E-state index contributed by atoms with van der Waals surface area (Å²) in [6.07, 6.45) is 0. The van der Waals surface area contributed by atoms with Crippen LogP contribution in [0.4, 0.5) is 0 Å². The van der Waals surface area contributed by atoms with E-state index >= 15 is 0 Å². The normalized spacial score (nSPS) is 12.2. The Morgan fingerprint density at radius 2 is 1.21 bits per heavy atom. The van der Waals surface area contributed by atoms with E-state index in [0.717, 1.165) is 0 Å². The summed E-state index contributed by atoms with van der Waals surface area (Å²) in [5, 5.41) is 13.0. The third-order valence-electron chi connectivity index (χ3n) is 5.24. The molecule has 6 rings (SSSR count). The van der Waals surface area contributed by atoms with Gasteiger partial charge in [0.25, 0.3) is 0 Å². The lowest BCUT2D eigenvalue weighted by atomic mass is 9.89. The van der Waals surface area contributed by atoms with Gasteiger partial charge in [0.1, 0.15) is 0 Å². The Morgan fingerprint density at radius 1 is 0.458 bits per heavy atom. The SMILES string of the molecule is [c]1c2ccccc2c2ccc3cc4ccccc4c4ccc1c2c34. The third-order valence-corrected chi connectivity index (χ3v) is 5.24. The Labute approximate surface area is 139 Å². The minimum atomic E-state index is 1.19. The van der Waals surface area contributed by atoms with E-state index < -0.39 is 0 Å². The van der Waals surface area contributed by atoms with E-state index in [1.165, 1.54) is 53.9 Å². The summed E-state index contributed by atoms with van der Waals surface area (Å²) in [6.45, 7) is 0. The maximum absolute atomic E-state index is 3.62. The van der Waals surface area contributed by atoms with Crippen LogP contribution in [0.2, 0.25) is 0 Å². The Balaban J connectivity index is 2.00. The predicted molar refractivity (Wildman–Crippen MR) is 104 cm³/mol. The highest BCUT2D eigenvalue weighted by atomic mass is 14.2. The lowest BCUT2D eigenvalue weighted by Crippen LogP contribution is -1.87. The molecular weight excluding hydrogens is 288 g/mol. The molecule has 0 unspecified atom stereocenters. The molecule has 0 heterocycles. The van der Waals surface area contributed by atoms with Gasteiger partial charge in [-0.05, 0) is 66.0 Å². The van der Waals surface area contributed by atoms with E-state index in [4.69, 9.17) is 0 Å². The molecule has 6 aromatic carbocycles. The van der Waals surface area contributed by atoms with E-state index in [0.29, 0.717) is 0 Å². The van der Waals surface area contributed by atoms with Crippen molar-refractivity contribution in [1.29, 1.82) is 0 Å². The fourth-order valence-electron chi connectivity index (χ4n) is 4.20. The first kappa shape index (κ1) is 12.3. The van der Waals surface area contributed by atoms with Crippen LogP contribution in [0, 0.1) is 6.07 Å². The van der Waals surface area contributed by atoms with E-state index in [-0.39, 0.29) is 0 Å². The summed E-state index contributed by atoms with van der Waals surface area (Å²) in [6, 6.07) is 32.2. The molecule has 109 valence electrons. The van der Waals surface area contributed by atoms with Gasteiger partial charge in [0.2, 0.25) is 0 Å². The lowest BCUT2D eigenvalue weighted by molar-refractivity contribution is 1.78. The summed E-state index contributed by atoms with van der Waals surface area (Å²) < 4.78 is 0. The maximum atomic E-state index is 3.62. The Bertz CT molecular complexity index is 1280. The first-order valence-corrected chi connectivity index (χ1v) is 8.30. The van der Waals surface area contributed by atoms with Crippen LogP contribution in [0.5, 0.6) is 0 Å². The second kappa shape index (κ2) is 4.24. The van der Waals surface area contributed by atoms with Crippen LogP contribution < -0.4 is 0 Å². The predicted octanol–water partition coefficient (Wildman–Crippen LogP) is 6.69. The van der Waals surface area contributed by atoms with Crippen molar-refractivity contribution in [2.75, 3.05) is 0 Å². The second-order valence-corrected chi connectivity index (χ2v) is 6.52. The highest BCUT2D eigenvalue weighted by Gasteiger charge is 2.12. The van der Waals surface area contributed by atoms with E-state index in [1.807, 2.05) is 0 Å². The number of hydrogen-bond donors (Lipinski definition) is 0. The molecular formula is C24H13. The molecule has 0 aliphatic rings. The molecule has 6 aromatic rings. The first-order valence-electron chi connectivity index (χ1n) is 8.30. The fourth-order valence-corrected chi connectivity index (χ4v) is 4.20. The summed E-state index contributed by atoms with van der Waals surface area (Å²) in [5.41, 5.74) is 0. The molecule has 0 aromatic heterocycles. The van der Waals surface area contributed by atoms with Crippen LogP contribution in [0.25, 0.3) is 53.9 Å². The average molecular weight is 301 g/mol. The van der Waals surface area contributed by atoms with Gasteiger partial charge in [0.15, 0.2) is 0 Å². The summed E-state index contributed by atoms with van der Waals surface area (Å²) >= 11 is 0. The van der Waals surface area contributed by atoms with Gasteiger partial charge in [0.05, 0.1) is 0 Å². The highest BCUT2D eigenvalue weighted by Crippen LogP contribution is 2.40. The van der Waals surface area contributed by atoms with E-state index in [9.17, 15) is 0 Å². The molecule has 0 amide bonds. The number of hydrogen-bond acceptors (Lipinski definition) is 0. The van der Waals surface area contributed by atoms with Gasteiger partial charge < -0.3 is 0 Å². The third kappa shape index (κ3) is 1.43. The Kier molecular flexibility index (Phi) is 2.18. The van der Waals surface area contributed by atoms with Crippen LogP contribution in [0.1, 0.15) is 0 Å². The summed E-state index contributed by atoms with van der Waals surface area (Å²) in [4.78, 5) is 0. The van der Waals surface area contributed by atoms with Crippen molar-refractivity contribution < 1.29 is 0 Å². The number of rotatable bonds is 0. The molecule has 0 aliphatic carbocycles. The summed E-state index contributed by atoms with van der Waals surface area (Å²) in [7, 11) is 0. The molecule has 0 atom stereocenters. The van der Waals surface area contributed by atoms with Gasteiger partial charge in [0, 0.05) is 0 Å². The van der Waals surface area contributed by atoms with Gasteiger partial charge in [-0.1, -0.05) is 72.8 Å². The second-order valence-electron chi connectivity index (χ2n) is 6.52. The molecule has 0 nitrogen and oxygen atoms in total. The minimum Gasteiger partial charge on any atom is -0.0616 e. The van der Waals surface area contributed by atoms with Crippen molar-refractivity contribution in [3.8, 4) is 0 Å². The Morgan fingerprint density at radius 3 is 2.17 bits per heavy atom. The topological polar surface area (TPSA) is 0 Å². The summed E-state index contributed by atoms with van der Waals surface area (Å²) in [5.74, 6) is 0. The first-order chi connectivity index (χ1) is 11.9. The monoisotopic (exact) mass is 301 g/mol. The number of benzene rings is 6. The molecule has 0 aliphatic heterocycles. The molecule has 0 heteroatoms. The quantitative estimate of drug-likeness (QED) is 0.216. The van der Waals surface area contributed by atoms with Crippen LogP contribution in [0.3, 0.4) is 0 Å². The number of fused-ring (bicyclic) bond motifs is 4.